The summed E-state index contributed by atoms with van der Waals surface area (Å²) < 4.78 is 63.0. The third-order valence-corrected chi connectivity index (χ3v) is 14.7. The highest BCUT2D eigenvalue weighted by atomic mass is 32.1. The molecular weight excluding hydrogens is 999 g/mol. The number of β-amino-alcohol motifs (C(OH)–C–C–N with tert-alkyl or cyclic N) is 1. The summed E-state index contributed by atoms with van der Waals surface area (Å²) in [6.07, 6.45) is -3.90. The molecule has 0 unspecified atom stereocenters. The largest absolute Gasteiger partial charge is 0.488 e. The number of thiocarbonyl (C=S) groups is 1. The normalized spacial score (nSPS) is 18.5. The minimum Gasteiger partial charge on any atom is -0.488 e. The summed E-state index contributed by atoms with van der Waals surface area (Å²) in [4.78, 5) is 70.1. The number of pyridine rings is 1. The molecule has 0 radical (unpaired) electrons. The molecule has 21 heteroatoms. The van der Waals surface area contributed by atoms with Gasteiger partial charge in [-0.15, -0.1) is 11.3 Å². The van der Waals surface area contributed by atoms with Crippen molar-refractivity contribution in [1.82, 2.24) is 30.4 Å². The minimum absolute atomic E-state index is 0.0194. The van der Waals surface area contributed by atoms with Crippen LogP contribution < -0.4 is 25.2 Å². The molecule has 0 saturated carbocycles. The summed E-state index contributed by atoms with van der Waals surface area (Å²) in [5.41, 5.74) is 0.776. The van der Waals surface area contributed by atoms with E-state index in [9.17, 15) is 42.7 Å². The van der Waals surface area contributed by atoms with Gasteiger partial charge in [0.15, 0.2) is 10.9 Å². The molecule has 8 rings (SSSR count). The van der Waals surface area contributed by atoms with Crippen LogP contribution in [0.5, 0.6) is 5.75 Å². The number of halogens is 4. The van der Waals surface area contributed by atoms with E-state index < -0.39 is 69.8 Å². The predicted molar refractivity (Wildman–Crippen MR) is 274 cm³/mol. The van der Waals surface area contributed by atoms with Crippen LogP contribution in [0, 0.1) is 29.5 Å². The number of aliphatic hydroxyl groups excluding tert-OH is 1. The average Bonchev–Trinajstić information content (AvgIpc) is 4.00. The molecule has 3 aliphatic heterocycles. The molecule has 3 atom stereocenters. The highest BCUT2D eigenvalue weighted by Gasteiger charge is 2.52. The Kier molecular flexibility index (Phi) is 15.3. The standard InChI is InChI=1S/C53H55F4N9O6S2/c1-30-45(74-29-61-30)33-11-9-31(10-12-33)24-60-47(69)41-22-36(67)26-64(41)48(70)46(51(2,3)4)62-42(68)8-7-21-63-27-38(28-63)72-37-17-13-32(14-18-37)39-19-16-35(25-59-39)66-50(73)65(49(71)52(66,5)6)40-20-15-34(23-58)43(44(40)54)53(55,56)57/h9-20,25,29,36,38,41,46,67H,7-8,21-22,24,26-28H2,1-6H3,(H,60,69)(H,62,68)/t36-,41+,46-/m1/s1. The van der Waals surface area contributed by atoms with Crippen molar-refractivity contribution in [2.45, 2.75) is 103 Å². The van der Waals surface area contributed by atoms with Crippen LogP contribution in [0.2, 0.25) is 0 Å². The first-order valence-electron chi connectivity index (χ1n) is 23.9. The second kappa shape index (κ2) is 21.2. The topological polar surface area (TPSA) is 184 Å². The second-order valence-electron chi connectivity index (χ2n) is 20.2. The number of aromatic nitrogens is 2. The molecule has 3 aromatic carbocycles. The second-order valence-corrected chi connectivity index (χ2v) is 21.4. The number of anilines is 2. The molecule has 2 aromatic heterocycles. The number of ether oxygens (including phenoxy) is 1. The van der Waals surface area contributed by atoms with Crippen molar-refractivity contribution in [2.24, 2.45) is 5.41 Å². The van der Waals surface area contributed by atoms with Gasteiger partial charge < -0.3 is 30.3 Å². The van der Waals surface area contributed by atoms with Crippen molar-refractivity contribution < 1.29 is 46.6 Å². The van der Waals surface area contributed by atoms with Crippen molar-refractivity contribution in [2.75, 3.05) is 36.0 Å². The first-order valence-corrected chi connectivity index (χ1v) is 25.2. The van der Waals surface area contributed by atoms with Crippen molar-refractivity contribution in [3.05, 3.63) is 113 Å². The average molecular weight is 1050 g/mol. The van der Waals surface area contributed by atoms with Crippen LogP contribution in [-0.2, 0) is 31.9 Å². The van der Waals surface area contributed by atoms with E-state index in [1.807, 2.05) is 76.2 Å². The van der Waals surface area contributed by atoms with Crippen molar-refractivity contribution in [3.63, 3.8) is 0 Å². The number of thiazole rings is 1. The number of hydrogen-bond acceptors (Lipinski definition) is 12. The Morgan fingerprint density at radius 3 is 2.28 bits per heavy atom. The molecule has 0 spiro atoms. The quantitative estimate of drug-likeness (QED) is 0.0685. The van der Waals surface area contributed by atoms with E-state index in [0.29, 0.717) is 48.1 Å². The molecule has 15 nitrogen and oxygen atoms in total. The van der Waals surface area contributed by atoms with Crippen molar-refractivity contribution in [1.29, 1.82) is 5.26 Å². The molecule has 74 heavy (non-hydrogen) atoms. The Morgan fingerprint density at radius 2 is 1.68 bits per heavy atom. The van der Waals surface area contributed by atoms with Gasteiger partial charge in [0.05, 0.1) is 57.1 Å². The zero-order valence-electron chi connectivity index (χ0n) is 41.5. The zero-order chi connectivity index (χ0) is 53.4. The molecule has 3 aliphatic rings. The van der Waals surface area contributed by atoms with E-state index in [2.05, 4.69) is 25.5 Å². The number of amides is 4. The Hall–Kier alpha value is -6.86. The van der Waals surface area contributed by atoms with Gasteiger partial charge in [-0.25, -0.2) is 9.37 Å². The molecule has 3 saturated heterocycles. The summed E-state index contributed by atoms with van der Waals surface area (Å²) in [6, 6.07) is 19.7. The zero-order valence-corrected chi connectivity index (χ0v) is 43.1. The summed E-state index contributed by atoms with van der Waals surface area (Å²) in [5, 5.41) is 25.4. The van der Waals surface area contributed by atoms with Crippen LogP contribution in [0.4, 0.5) is 28.9 Å². The number of nitrogens with zero attached hydrogens (tertiary/aromatic N) is 7. The van der Waals surface area contributed by atoms with E-state index in [1.165, 1.54) is 35.9 Å². The molecule has 5 aromatic rings. The minimum atomic E-state index is -5.20. The van der Waals surface area contributed by atoms with Gasteiger partial charge in [0, 0.05) is 44.6 Å². The number of benzene rings is 3. The fraction of sp³-hybridized carbons (Fsp3) is 0.396. The monoisotopic (exact) mass is 1050 g/mol. The SMILES string of the molecule is Cc1ncsc1-c1ccc(CNC(=O)[C@@H]2C[C@@H](O)CN2C(=O)[C@@H](NC(=O)CCCN2CC(Oc3ccc(-c4ccc(N5C(=S)N(c6ccc(C#N)c(C(F)(F)F)c6F)C(=O)C5(C)C)cn4)cc3)C2)C(C)(C)C)cc1. The Balaban J connectivity index is 0.789. The molecular formula is C53H55F4N9O6S2. The fourth-order valence-electron chi connectivity index (χ4n) is 9.39. The predicted octanol–water partition coefficient (Wildman–Crippen LogP) is 7.78. The Morgan fingerprint density at radius 1 is 0.986 bits per heavy atom. The van der Waals surface area contributed by atoms with E-state index in [4.69, 9.17) is 17.0 Å². The number of alkyl halides is 3. The van der Waals surface area contributed by atoms with E-state index >= 15 is 4.39 Å². The maximum atomic E-state index is 15.5. The van der Waals surface area contributed by atoms with Gasteiger partial charge in [0.25, 0.3) is 5.91 Å². The van der Waals surface area contributed by atoms with Gasteiger partial charge in [-0.2, -0.15) is 18.4 Å². The lowest BCUT2D eigenvalue weighted by Gasteiger charge is -2.39. The number of nitriles is 1. The maximum absolute atomic E-state index is 15.5. The lowest BCUT2D eigenvalue weighted by molar-refractivity contribution is -0.144. The maximum Gasteiger partial charge on any atom is 0.420 e. The van der Waals surface area contributed by atoms with Gasteiger partial charge in [-0.3, -0.25) is 34.0 Å². The molecule has 3 fully saturated rings. The number of nitrogens with one attached hydrogen (secondary N) is 2. The van der Waals surface area contributed by atoms with Gasteiger partial charge >= 0.3 is 6.18 Å². The molecule has 0 bridgehead atoms. The van der Waals surface area contributed by atoms with Gasteiger partial charge in [-0.05, 0) is 111 Å². The first kappa shape index (κ1) is 53.4. The van der Waals surface area contributed by atoms with E-state index in [0.717, 1.165) is 39.4 Å². The Labute approximate surface area is 435 Å². The fourth-order valence-corrected chi connectivity index (χ4v) is 10.7. The van der Waals surface area contributed by atoms with Crippen LogP contribution in [-0.4, -0.2) is 110 Å². The lowest BCUT2D eigenvalue weighted by Crippen LogP contribution is -2.57. The van der Waals surface area contributed by atoms with Crippen LogP contribution in [0.25, 0.3) is 21.7 Å². The van der Waals surface area contributed by atoms with Crippen LogP contribution in [0.3, 0.4) is 0 Å². The number of likely N-dealkylation sites (tertiary alicyclic amines) is 2. The number of aliphatic hydroxyl groups is 1. The summed E-state index contributed by atoms with van der Waals surface area (Å²) in [7, 11) is 0. The van der Waals surface area contributed by atoms with Crippen molar-refractivity contribution in [3.8, 4) is 33.5 Å². The molecule has 0 aliphatic carbocycles. The van der Waals surface area contributed by atoms with Crippen LogP contribution in [0.1, 0.15) is 76.3 Å². The number of carbonyl (C=O) groups excluding carboxylic acids is 4. The lowest BCUT2D eigenvalue weighted by atomic mass is 9.85. The molecule has 4 amide bonds. The smallest absolute Gasteiger partial charge is 0.420 e. The van der Waals surface area contributed by atoms with Gasteiger partial charge in [0.1, 0.15) is 35.0 Å². The highest BCUT2D eigenvalue weighted by molar-refractivity contribution is 7.81. The van der Waals surface area contributed by atoms with Crippen LogP contribution in [0.15, 0.2) is 84.5 Å². The van der Waals surface area contributed by atoms with Crippen molar-refractivity contribution >= 4 is 63.7 Å². The number of carbonyl (C=O) groups is 4. The highest BCUT2D eigenvalue weighted by Crippen LogP contribution is 2.42. The number of rotatable bonds is 15. The third-order valence-electron chi connectivity index (χ3n) is 13.4. The molecule has 3 N–H and O–H groups in total. The van der Waals surface area contributed by atoms with Gasteiger partial charge in [-0.1, -0.05) is 45.0 Å². The number of aryl methyl sites for hydroxylation is 1. The third kappa shape index (κ3) is 11.1. The molecule has 388 valence electrons. The Bertz CT molecular complexity index is 2990. The van der Waals surface area contributed by atoms with Crippen LogP contribution >= 0.6 is 23.6 Å². The van der Waals surface area contributed by atoms with E-state index in [-0.39, 0.29) is 49.0 Å². The number of hydrogen-bond donors (Lipinski definition) is 3. The first-order chi connectivity index (χ1) is 35.0. The summed E-state index contributed by atoms with van der Waals surface area (Å²) >= 11 is 7.11. The summed E-state index contributed by atoms with van der Waals surface area (Å²) in [6.45, 7) is 12.7. The summed E-state index contributed by atoms with van der Waals surface area (Å²) in [5.74, 6) is -3.00. The van der Waals surface area contributed by atoms with E-state index in [1.54, 1.807) is 29.0 Å². The van der Waals surface area contributed by atoms with Gasteiger partial charge in [0.2, 0.25) is 17.7 Å². The molecule has 5 heterocycles.